The Bertz CT molecular complexity index is 938. The average molecular weight is 360 g/mol. The van der Waals surface area contributed by atoms with Crippen LogP contribution < -0.4 is 10.2 Å². The number of carbonyl (C=O) groups is 1. The van der Waals surface area contributed by atoms with Gasteiger partial charge < -0.3 is 10.2 Å². The van der Waals surface area contributed by atoms with E-state index in [1.807, 2.05) is 31.1 Å². The van der Waals surface area contributed by atoms with Crippen LogP contribution in [-0.4, -0.2) is 30.0 Å². The van der Waals surface area contributed by atoms with Crippen LogP contribution >= 0.6 is 0 Å². The average Bonchev–Trinajstić information content (AvgIpc) is 2.69. The molecule has 0 spiro atoms. The lowest BCUT2D eigenvalue weighted by Gasteiger charge is -2.21. The molecule has 5 heteroatoms. The van der Waals surface area contributed by atoms with E-state index in [1.54, 1.807) is 30.7 Å². The van der Waals surface area contributed by atoms with Crippen LogP contribution in [0.1, 0.15) is 38.7 Å². The van der Waals surface area contributed by atoms with Crippen LogP contribution in [0.25, 0.3) is 0 Å². The minimum absolute atomic E-state index is 0.138. The first-order chi connectivity index (χ1) is 13.0. The Labute approximate surface area is 160 Å². The molecular weight excluding hydrogens is 336 g/mol. The van der Waals surface area contributed by atoms with Crippen molar-refractivity contribution in [3.8, 4) is 0 Å². The highest BCUT2D eigenvalue weighted by atomic mass is 16.1. The second-order valence-electron chi connectivity index (χ2n) is 6.83. The molecule has 1 amide bonds. The van der Waals surface area contributed by atoms with Crippen LogP contribution in [0, 0.1) is 13.8 Å². The van der Waals surface area contributed by atoms with E-state index in [1.165, 1.54) is 11.1 Å². The SMILES string of the molecule is Cc1ccc([C@H](NC(=O)c2ccnc(N(C)C)c2)c2ccncc2)cc1C. The van der Waals surface area contributed by atoms with Gasteiger partial charge in [-0.05, 0) is 60.4 Å². The van der Waals surface area contributed by atoms with Crippen molar-refractivity contribution >= 4 is 11.7 Å². The molecule has 1 atom stereocenters. The van der Waals surface area contributed by atoms with E-state index in [2.05, 4.69) is 47.3 Å². The van der Waals surface area contributed by atoms with Gasteiger partial charge in [-0.1, -0.05) is 18.2 Å². The molecule has 1 aromatic carbocycles. The summed E-state index contributed by atoms with van der Waals surface area (Å²) in [4.78, 5) is 23.2. The van der Waals surface area contributed by atoms with Gasteiger partial charge in [0.2, 0.25) is 0 Å². The summed E-state index contributed by atoms with van der Waals surface area (Å²) in [6.45, 7) is 4.16. The number of aryl methyl sites for hydroxylation is 2. The highest BCUT2D eigenvalue weighted by Crippen LogP contribution is 2.24. The highest BCUT2D eigenvalue weighted by molar-refractivity contribution is 5.95. The lowest BCUT2D eigenvalue weighted by atomic mass is 9.96. The van der Waals surface area contributed by atoms with E-state index in [0.29, 0.717) is 5.56 Å². The molecule has 0 saturated carbocycles. The number of pyridine rings is 2. The van der Waals surface area contributed by atoms with Crippen molar-refractivity contribution in [3.63, 3.8) is 0 Å². The third-order valence-corrected chi connectivity index (χ3v) is 4.65. The Balaban J connectivity index is 1.95. The van der Waals surface area contributed by atoms with Gasteiger partial charge in [0.1, 0.15) is 5.82 Å². The maximum Gasteiger partial charge on any atom is 0.252 e. The van der Waals surface area contributed by atoms with Gasteiger partial charge in [0.05, 0.1) is 6.04 Å². The minimum atomic E-state index is -0.254. The summed E-state index contributed by atoms with van der Waals surface area (Å²) in [6.07, 6.45) is 5.14. The van der Waals surface area contributed by atoms with Crippen molar-refractivity contribution < 1.29 is 4.79 Å². The molecule has 0 aliphatic rings. The maximum atomic E-state index is 13.0. The summed E-state index contributed by atoms with van der Waals surface area (Å²) < 4.78 is 0. The zero-order valence-electron chi connectivity index (χ0n) is 16.1. The van der Waals surface area contributed by atoms with Crippen LogP contribution in [0.2, 0.25) is 0 Å². The zero-order chi connectivity index (χ0) is 19.4. The summed E-state index contributed by atoms with van der Waals surface area (Å²) in [7, 11) is 3.80. The molecular formula is C22H24N4O. The fraction of sp³-hybridized carbons (Fsp3) is 0.227. The van der Waals surface area contributed by atoms with Crippen molar-refractivity contribution in [3.05, 3.63) is 88.9 Å². The third-order valence-electron chi connectivity index (χ3n) is 4.65. The number of carbonyl (C=O) groups excluding carboxylic acids is 1. The van der Waals surface area contributed by atoms with Crippen molar-refractivity contribution in [2.45, 2.75) is 19.9 Å². The summed E-state index contributed by atoms with van der Waals surface area (Å²) in [5, 5.41) is 3.17. The van der Waals surface area contributed by atoms with Gasteiger partial charge in [0.15, 0.2) is 0 Å². The number of hydrogen-bond donors (Lipinski definition) is 1. The van der Waals surface area contributed by atoms with Crippen LogP contribution in [0.3, 0.4) is 0 Å². The molecule has 5 nitrogen and oxygen atoms in total. The molecule has 27 heavy (non-hydrogen) atoms. The number of nitrogens with one attached hydrogen (secondary N) is 1. The van der Waals surface area contributed by atoms with Crippen LogP contribution in [-0.2, 0) is 0 Å². The summed E-state index contributed by atoms with van der Waals surface area (Å²) in [5.41, 5.74) is 5.03. The first-order valence-corrected chi connectivity index (χ1v) is 8.87. The predicted molar refractivity (Wildman–Crippen MR) is 108 cm³/mol. The standard InChI is InChI=1S/C22H24N4O/c1-15-5-6-18(13-16(15)2)21(17-7-10-23-11-8-17)25-22(27)19-9-12-24-20(14-19)26(3)4/h5-14,21H,1-4H3,(H,25,27)/t21-/m1/s1. The second kappa shape index (κ2) is 7.99. The minimum Gasteiger partial charge on any atom is -0.363 e. The fourth-order valence-electron chi connectivity index (χ4n) is 2.88. The first kappa shape index (κ1) is 18.6. The zero-order valence-corrected chi connectivity index (χ0v) is 16.1. The quantitative estimate of drug-likeness (QED) is 0.754. The van der Waals surface area contributed by atoms with Crippen molar-refractivity contribution in [2.75, 3.05) is 19.0 Å². The molecule has 0 aliphatic carbocycles. The molecule has 2 aromatic heterocycles. The monoisotopic (exact) mass is 360 g/mol. The fourth-order valence-corrected chi connectivity index (χ4v) is 2.88. The van der Waals surface area contributed by atoms with Crippen molar-refractivity contribution in [1.82, 2.24) is 15.3 Å². The molecule has 138 valence electrons. The smallest absolute Gasteiger partial charge is 0.252 e. The third kappa shape index (κ3) is 4.31. The number of amides is 1. The molecule has 2 heterocycles. The van der Waals surface area contributed by atoms with Gasteiger partial charge in [0.25, 0.3) is 5.91 Å². The van der Waals surface area contributed by atoms with E-state index in [0.717, 1.165) is 16.9 Å². The summed E-state index contributed by atoms with van der Waals surface area (Å²) in [5.74, 6) is 0.606. The van der Waals surface area contributed by atoms with E-state index in [4.69, 9.17) is 0 Å². The topological polar surface area (TPSA) is 58.1 Å². The van der Waals surface area contributed by atoms with E-state index >= 15 is 0 Å². The Morgan fingerprint density at radius 1 is 0.926 bits per heavy atom. The Morgan fingerprint density at radius 2 is 1.67 bits per heavy atom. The van der Waals surface area contributed by atoms with Gasteiger partial charge in [-0.15, -0.1) is 0 Å². The largest absolute Gasteiger partial charge is 0.363 e. The molecule has 0 unspecified atom stereocenters. The molecule has 1 N–H and O–H groups in total. The second-order valence-corrected chi connectivity index (χ2v) is 6.83. The van der Waals surface area contributed by atoms with Crippen LogP contribution in [0.15, 0.2) is 61.1 Å². The summed E-state index contributed by atoms with van der Waals surface area (Å²) >= 11 is 0. The molecule has 0 fully saturated rings. The lowest BCUT2D eigenvalue weighted by molar-refractivity contribution is 0.0943. The summed E-state index contributed by atoms with van der Waals surface area (Å²) in [6, 6.07) is 13.4. The van der Waals surface area contributed by atoms with E-state index < -0.39 is 0 Å². The predicted octanol–water partition coefficient (Wildman–Crippen LogP) is 3.68. The van der Waals surface area contributed by atoms with E-state index in [9.17, 15) is 4.79 Å². The normalized spacial score (nSPS) is 11.7. The number of benzene rings is 1. The Kier molecular flexibility index (Phi) is 5.50. The number of hydrogen-bond acceptors (Lipinski definition) is 4. The molecule has 0 bridgehead atoms. The Morgan fingerprint density at radius 3 is 2.33 bits per heavy atom. The van der Waals surface area contributed by atoms with E-state index in [-0.39, 0.29) is 11.9 Å². The maximum absolute atomic E-state index is 13.0. The first-order valence-electron chi connectivity index (χ1n) is 8.87. The van der Waals surface area contributed by atoms with Gasteiger partial charge in [-0.3, -0.25) is 9.78 Å². The number of anilines is 1. The van der Waals surface area contributed by atoms with Crippen molar-refractivity contribution in [2.24, 2.45) is 0 Å². The van der Waals surface area contributed by atoms with Gasteiger partial charge in [0, 0.05) is 38.2 Å². The Hall–Kier alpha value is -3.21. The van der Waals surface area contributed by atoms with Gasteiger partial charge in [-0.25, -0.2) is 4.98 Å². The molecule has 0 aliphatic heterocycles. The molecule has 0 radical (unpaired) electrons. The molecule has 0 saturated heterocycles. The van der Waals surface area contributed by atoms with Crippen LogP contribution in [0.5, 0.6) is 0 Å². The van der Waals surface area contributed by atoms with Crippen molar-refractivity contribution in [1.29, 1.82) is 0 Å². The van der Waals surface area contributed by atoms with Gasteiger partial charge >= 0.3 is 0 Å². The van der Waals surface area contributed by atoms with Gasteiger partial charge in [-0.2, -0.15) is 0 Å². The van der Waals surface area contributed by atoms with Crippen LogP contribution in [0.4, 0.5) is 5.82 Å². The lowest BCUT2D eigenvalue weighted by Crippen LogP contribution is -2.29. The number of rotatable bonds is 5. The highest BCUT2D eigenvalue weighted by Gasteiger charge is 2.19. The molecule has 3 aromatic rings. The number of nitrogens with zero attached hydrogens (tertiary/aromatic N) is 3. The molecule has 3 rings (SSSR count). The number of aromatic nitrogens is 2.